The van der Waals surface area contributed by atoms with Crippen molar-refractivity contribution in [3.8, 4) is 0 Å². The highest BCUT2D eigenvalue weighted by atomic mass is 32.2. The monoisotopic (exact) mass is 219 g/mol. The molecule has 15 heavy (non-hydrogen) atoms. The fourth-order valence-corrected chi connectivity index (χ4v) is 2.33. The van der Waals surface area contributed by atoms with Crippen molar-refractivity contribution in [2.75, 3.05) is 0 Å². The van der Waals surface area contributed by atoms with E-state index in [0.29, 0.717) is 0 Å². The maximum absolute atomic E-state index is 5.90. The summed E-state index contributed by atoms with van der Waals surface area (Å²) in [7, 11) is 0. The fraction of sp³-hybridized carbons (Fsp3) is 0.182. The highest BCUT2D eigenvalue weighted by Crippen LogP contribution is 2.30. The Hall–Kier alpha value is -1.26. The highest BCUT2D eigenvalue weighted by Gasteiger charge is 2.08. The van der Waals surface area contributed by atoms with E-state index < -0.39 is 0 Å². The minimum absolute atomic E-state index is 0.0451. The Kier molecular flexibility index (Phi) is 3.08. The molecule has 0 radical (unpaired) electrons. The third-order valence-corrected chi connectivity index (χ3v) is 3.10. The van der Waals surface area contributed by atoms with Gasteiger partial charge in [-0.05, 0) is 18.6 Å². The second kappa shape index (κ2) is 4.51. The quantitative estimate of drug-likeness (QED) is 0.834. The molecule has 1 aromatic carbocycles. The zero-order chi connectivity index (χ0) is 10.7. The molecule has 0 aliphatic rings. The minimum atomic E-state index is 0.0451. The van der Waals surface area contributed by atoms with Crippen LogP contribution in [0.15, 0.2) is 46.7 Å². The summed E-state index contributed by atoms with van der Waals surface area (Å²) in [5.41, 5.74) is 7.05. The molecule has 1 atom stereocenters. The molecule has 4 heteroatoms. The van der Waals surface area contributed by atoms with Crippen molar-refractivity contribution >= 4 is 11.8 Å². The van der Waals surface area contributed by atoms with E-state index in [1.165, 1.54) is 0 Å². The molecule has 1 aromatic heterocycles. The third-order valence-electron chi connectivity index (χ3n) is 2.09. The standard InChI is InChI=1S/C11H13N3S/c1-8(12)9-4-2-3-5-10(9)15-11-13-6-7-14-11/h2-8H,12H2,1H3,(H,13,14). The van der Waals surface area contributed by atoms with Crippen LogP contribution in [0, 0.1) is 0 Å². The van der Waals surface area contributed by atoms with E-state index in [2.05, 4.69) is 22.1 Å². The zero-order valence-corrected chi connectivity index (χ0v) is 9.29. The van der Waals surface area contributed by atoms with Gasteiger partial charge in [0.05, 0.1) is 0 Å². The van der Waals surface area contributed by atoms with Crippen molar-refractivity contribution in [1.82, 2.24) is 9.97 Å². The summed E-state index contributed by atoms with van der Waals surface area (Å²) in [6, 6.07) is 8.17. The first-order valence-electron chi connectivity index (χ1n) is 4.79. The number of H-pyrrole nitrogens is 1. The molecule has 3 N–H and O–H groups in total. The lowest BCUT2D eigenvalue weighted by molar-refractivity contribution is 0.797. The Labute approximate surface area is 93.1 Å². The molecule has 0 spiro atoms. The molecule has 0 amide bonds. The molecule has 0 aliphatic carbocycles. The number of hydrogen-bond acceptors (Lipinski definition) is 3. The smallest absolute Gasteiger partial charge is 0.170 e. The normalized spacial score (nSPS) is 12.7. The van der Waals surface area contributed by atoms with E-state index in [0.717, 1.165) is 15.6 Å². The van der Waals surface area contributed by atoms with E-state index in [1.54, 1.807) is 18.0 Å². The molecule has 0 aliphatic heterocycles. The van der Waals surface area contributed by atoms with Gasteiger partial charge in [-0.15, -0.1) is 0 Å². The van der Waals surface area contributed by atoms with Crippen LogP contribution in [-0.2, 0) is 0 Å². The van der Waals surface area contributed by atoms with Gasteiger partial charge >= 0.3 is 0 Å². The highest BCUT2D eigenvalue weighted by molar-refractivity contribution is 7.99. The average molecular weight is 219 g/mol. The van der Waals surface area contributed by atoms with Gasteiger partial charge in [-0.3, -0.25) is 0 Å². The number of hydrogen-bond donors (Lipinski definition) is 2. The predicted molar refractivity (Wildman–Crippen MR) is 61.8 cm³/mol. The number of nitrogens with zero attached hydrogens (tertiary/aromatic N) is 1. The number of imidazole rings is 1. The summed E-state index contributed by atoms with van der Waals surface area (Å²) < 4.78 is 0. The lowest BCUT2D eigenvalue weighted by Gasteiger charge is -2.10. The second-order valence-electron chi connectivity index (χ2n) is 3.32. The lowest BCUT2D eigenvalue weighted by Crippen LogP contribution is -2.06. The maximum Gasteiger partial charge on any atom is 0.170 e. The molecule has 2 aromatic rings. The number of benzene rings is 1. The summed E-state index contributed by atoms with van der Waals surface area (Å²) in [5, 5.41) is 0.892. The molecule has 0 saturated heterocycles. The second-order valence-corrected chi connectivity index (χ2v) is 4.35. The van der Waals surface area contributed by atoms with Crippen LogP contribution in [0.25, 0.3) is 0 Å². The maximum atomic E-state index is 5.90. The van der Waals surface area contributed by atoms with Crippen molar-refractivity contribution in [2.24, 2.45) is 5.73 Å². The van der Waals surface area contributed by atoms with Crippen LogP contribution in [0.1, 0.15) is 18.5 Å². The summed E-state index contributed by atoms with van der Waals surface area (Å²) in [6.45, 7) is 1.99. The van der Waals surface area contributed by atoms with Crippen LogP contribution >= 0.6 is 11.8 Å². The van der Waals surface area contributed by atoms with Crippen molar-refractivity contribution in [3.05, 3.63) is 42.2 Å². The first-order valence-corrected chi connectivity index (χ1v) is 5.61. The van der Waals surface area contributed by atoms with Gasteiger partial charge in [0.25, 0.3) is 0 Å². The largest absolute Gasteiger partial charge is 0.339 e. The van der Waals surface area contributed by atoms with Gasteiger partial charge in [-0.1, -0.05) is 30.0 Å². The fourth-order valence-electron chi connectivity index (χ4n) is 1.36. The molecule has 1 heterocycles. The van der Waals surface area contributed by atoms with Crippen LogP contribution in [0.3, 0.4) is 0 Å². The SMILES string of the molecule is CC(N)c1ccccc1Sc1ncc[nH]1. The molecule has 3 nitrogen and oxygen atoms in total. The van der Waals surface area contributed by atoms with Crippen molar-refractivity contribution in [2.45, 2.75) is 23.0 Å². The first kappa shape index (κ1) is 10.3. The van der Waals surface area contributed by atoms with Gasteiger partial charge in [0.15, 0.2) is 5.16 Å². The topological polar surface area (TPSA) is 54.7 Å². The van der Waals surface area contributed by atoms with Crippen LogP contribution in [0.2, 0.25) is 0 Å². The summed E-state index contributed by atoms with van der Waals surface area (Å²) >= 11 is 1.60. The minimum Gasteiger partial charge on any atom is -0.339 e. The number of rotatable bonds is 3. The van der Waals surface area contributed by atoms with Crippen LogP contribution in [0.4, 0.5) is 0 Å². The van der Waals surface area contributed by atoms with Crippen molar-refractivity contribution in [1.29, 1.82) is 0 Å². The Morgan fingerprint density at radius 2 is 2.20 bits per heavy atom. The van der Waals surface area contributed by atoms with E-state index in [9.17, 15) is 0 Å². The van der Waals surface area contributed by atoms with Crippen molar-refractivity contribution in [3.63, 3.8) is 0 Å². The zero-order valence-electron chi connectivity index (χ0n) is 8.47. The number of nitrogens with one attached hydrogen (secondary N) is 1. The Morgan fingerprint density at radius 1 is 1.40 bits per heavy atom. The van der Waals surface area contributed by atoms with E-state index in [1.807, 2.05) is 25.3 Å². The first-order chi connectivity index (χ1) is 7.27. The predicted octanol–water partition coefficient (Wildman–Crippen LogP) is 2.58. The van der Waals surface area contributed by atoms with Crippen LogP contribution in [-0.4, -0.2) is 9.97 Å². The van der Waals surface area contributed by atoms with E-state index >= 15 is 0 Å². The molecule has 0 fully saturated rings. The molecular formula is C11H13N3S. The molecular weight excluding hydrogens is 206 g/mol. The lowest BCUT2D eigenvalue weighted by atomic mass is 10.1. The van der Waals surface area contributed by atoms with E-state index in [4.69, 9.17) is 5.73 Å². The Morgan fingerprint density at radius 3 is 2.87 bits per heavy atom. The molecule has 0 bridgehead atoms. The van der Waals surface area contributed by atoms with Crippen LogP contribution < -0.4 is 5.73 Å². The molecule has 0 saturated carbocycles. The number of nitrogens with two attached hydrogens (primary N) is 1. The van der Waals surface area contributed by atoms with Gasteiger partial charge in [-0.25, -0.2) is 4.98 Å². The van der Waals surface area contributed by atoms with E-state index in [-0.39, 0.29) is 6.04 Å². The van der Waals surface area contributed by atoms with Gasteiger partial charge < -0.3 is 10.7 Å². The Bertz CT molecular complexity index is 423. The molecule has 1 unspecified atom stereocenters. The number of aromatic amines is 1. The summed E-state index contributed by atoms with van der Waals surface area (Å²) in [6.07, 6.45) is 3.56. The van der Waals surface area contributed by atoms with Crippen molar-refractivity contribution < 1.29 is 0 Å². The summed E-state index contributed by atoms with van der Waals surface area (Å²) in [5.74, 6) is 0. The molecule has 2 rings (SSSR count). The summed E-state index contributed by atoms with van der Waals surface area (Å²) in [4.78, 5) is 8.40. The van der Waals surface area contributed by atoms with Gasteiger partial charge in [0.2, 0.25) is 0 Å². The van der Waals surface area contributed by atoms with Gasteiger partial charge in [-0.2, -0.15) is 0 Å². The third kappa shape index (κ3) is 2.40. The van der Waals surface area contributed by atoms with Crippen LogP contribution in [0.5, 0.6) is 0 Å². The molecule has 78 valence electrons. The number of aromatic nitrogens is 2. The Balaban J connectivity index is 2.28. The van der Waals surface area contributed by atoms with Gasteiger partial charge in [0, 0.05) is 23.3 Å². The average Bonchev–Trinajstić information content (AvgIpc) is 2.71. The van der Waals surface area contributed by atoms with Gasteiger partial charge in [0.1, 0.15) is 0 Å².